The molecule has 0 radical (unpaired) electrons. The van der Waals surface area contributed by atoms with Crippen molar-refractivity contribution in [3.63, 3.8) is 0 Å². The Morgan fingerprint density at radius 1 is 1.11 bits per heavy atom. The standard InChI is InChI=1S/C38H49N5O10S/c1-6-24-20-38(24,35(47)42-54(49,50)27-11-12-27)41-32(45)30-19-26(52-33-28-13-10-25(51-5)18-23(28)16-17-39-33)21-43(30)34(46)29(40-36(48)53-37(2,3)4)14-15-31(44)22-8-7-9-22/h8,10,13,16-18,24,26-27,29-30H,6-7,9,11-12,14-15,19-21H2,1-5H3,(H,40,48)(H,41,45)(H,42,47)/t24?,26-,29+,30+,38-/m1/s1. The smallest absolute Gasteiger partial charge is 0.408 e. The molecule has 5 atom stereocenters. The number of methoxy groups -OCH3 is 1. The number of ether oxygens (including phenoxy) is 3. The van der Waals surface area contributed by atoms with Gasteiger partial charge < -0.3 is 29.7 Å². The lowest BCUT2D eigenvalue weighted by molar-refractivity contribution is -0.141. The van der Waals surface area contributed by atoms with Crippen LogP contribution in [0.4, 0.5) is 4.79 Å². The number of amides is 4. The second kappa shape index (κ2) is 15.2. The van der Waals surface area contributed by atoms with Crippen LogP contribution in [0.25, 0.3) is 10.8 Å². The van der Waals surface area contributed by atoms with Gasteiger partial charge in [-0.15, -0.1) is 0 Å². The molecule has 3 aliphatic carbocycles. The number of carbonyl (C=O) groups excluding carboxylic acids is 5. The molecule has 2 aromatic rings. The van der Waals surface area contributed by atoms with Crippen LogP contribution in [-0.2, 0) is 33.9 Å². The second-order valence-corrected chi connectivity index (χ2v) is 17.5. The highest BCUT2D eigenvalue weighted by Crippen LogP contribution is 2.47. The fourth-order valence-electron chi connectivity index (χ4n) is 7.06. The molecular formula is C38H49N5O10S. The first-order valence-electron chi connectivity index (χ1n) is 18.5. The van der Waals surface area contributed by atoms with Crippen LogP contribution in [0.2, 0.25) is 0 Å². The van der Waals surface area contributed by atoms with E-state index in [1.54, 1.807) is 52.3 Å². The topological polar surface area (TPSA) is 199 Å². The maximum absolute atomic E-state index is 14.5. The van der Waals surface area contributed by atoms with Crippen molar-refractivity contribution in [2.75, 3.05) is 13.7 Å². The van der Waals surface area contributed by atoms with Crippen LogP contribution in [-0.4, -0.2) is 96.1 Å². The molecule has 0 bridgehead atoms. The highest BCUT2D eigenvalue weighted by molar-refractivity contribution is 7.91. The molecule has 1 saturated heterocycles. The summed E-state index contributed by atoms with van der Waals surface area (Å²) in [6, 6.07) is 4.75. The van der Waals surface area contributed by atoms with Gasteiger partial charge in [0.2, 0.25) is 27.7 Å². The molecule has 1 unspecified atom stereocenters. The van der Waals surface area contributed by atoms with Gasteiger partial charge in [-0.2, -0.15) is 0 Å². The van der Waals surface area contributed by atoms with Gasteiger partial charge in [-0.25, -0.2) is 18.2 Å². The lowest BCUT2D eigenvalue weighted by Gasteiger charge is -2.30. The number of allylic oxidation sites excluding steroid dienone is 2. The third-order valence-corrected chi connectivity index (χ3v) is 12.2. The minimum atomic E-state index is -3.89. The van der Waals surface area contributed by atoms with Crippen molar-refractivity contribution in [1.29, 1.82) is 0 Å². The summed E-state index contributed by atoms with van der Waals surface area (Å²) in [5, 5.41) is 6.28. The number of aromatic nitrogens is 1. The van der Waals surface area contributed by atoms with Crippen LogP contribution in [0.5, 0.6) is 11.6 Å². The quantitative estimate of drug-likeness (QED) is 0.240. The molecule has 3 N–H and O–H groups in total. The molecule has 3 fully saturated rings. The average molecular weight is 768 g/mol. The highest BCUT2D eigenvalue weighted by atomic mass is 32.2. The number of nitrogens with zero attached hydrogens (tertiary/aromatic N) is 2. The van der Waals surface area contributed by atoms with Gasteiger partial charge in [0.25, 0.3) is 5.91 Å². The van der Waals surface area contributed by atoms with Crippen LogP contribution < -0.4 is 24.8 Å². The second-order valence-electron chi connectivity index (χ2n) is 15.6. The predicted octanol–water partition coefficient (Wildman–Crippen LogP) is 3.45. The Balaban J connectivity index is 1.28. The van der Waals surface area contributed by atoms with Gasteiger partial charge in [0.1, 0.15) is 35.1 Å². The van der Waals surface area contributed by atoms with Gasteiger partial charge in [0, 0.05) is 24.4 Å². The summed E-state index contributed by atoms with van der Waals surface area (Å²) in [5.41, 5.74) is -1.68. The monoisotopic (exact) mass is 767 g/mol. The van der Waals surface area contributed by atoms with Gasteiger partial charge in [-0.05, 0) is 100 Å². The molecular weight excluding hydrogens is 719 g/mol. The summed E-state index contributed by atoms with van der Waals surface area (Å²) in [5.74, 6) is -1.67. The molecule has 2 heterocycles. The molecule has 2 saturated carbocycles. The largest absolute Gasteiger partial charge is 0.497 e. The van der Waals surface area contributed by atoms with Crippen molar-refractivity contribution in [3.8, 4) is 11.6 Å². The molecule has 4 amide bonds. The lowest BCUT2D eigenvalue weighted by atomic mass is 9.92. The number of alkyl carbamates (subject to hydrolysis) is 1. The first-order valence-corrected chi connectivity index (χ1v) is 20.1. The van der Waals surface area contributed by atoms with Gasteiger partial charge in [0.15, 0.2) is 5.78 Å². The summed E-state index contributed by atoms with van der Waals surface area (Å²) < 4.78 is 44.8. The van der Waals surface area contributed by atoms with Crippen LogP contribution >= 0.6 is 0 Å². The van der Waals surface area contributed by atoms with E-state index in [0.29, 0.717) is 42.4 Å². The van der Waals surface area contributed by atoms with E-state index >= 15 is 0 Å². The van der Waals surface area contributed by atoms with Crippen molar-refractivity contribution in [3.05, 3.63) is 42.1 Å². The summed E-state index contributed by atoms with van der Waals surface area (Å²) in [6.45, 7) is 6.79. The number of sulfonamides is 1. The SMILES string of the molecule is CCC1C[C@]1(NC(=O)[C@@H]1C[C@@H](Oc2nccc3cc(OC)ccc23)CN1C(=O)[C@H](CCC(=O)C1=CCC1)NC(=O)OC(C)(C)C)C(=O)NS(=O)(=O)C1CC1. The zero-order valence-corrected chi connectivity index (χ0v) is 32.1. The number of likely N-dealkylation sites (tertiary alicyclic amines) is 1. The third-order valence-electron chi connectivity index (χ3n) is 10.4. The molecule has 4 aliphatic rings. The van der Waals surface area contributed by atoms with Gasteiger partial charge in [-0.3, -0.25) is 23.9 Å². The minimum Gasteiger partial charge on any atom is -0.497 e. The van der Waals surface area contributed by atoms with Crippen LogP contribution in [0.3, 0.4) is 0 Å². The fourth-order valence-corrected chi connectivity index (χ4v) is 8.43. The highest BCUT2D eigenvalue weighted by Gasteiger charge is 2.62. The molecule has 54 heavy (non-hydrogen) atoms. The van der Waals surface area contributed by atoms with Crippen molar-refractivity contribution in [1.82, 2.24) is 25.2 Å². The van der Waals surface area contributed by atoms with E-state index in [-0.39, 0.29) is 49.8 Å². The maximum atomic E-state index is 14.5. The van der Waals surface area contributed by atoms with E-state index in [9.17, 15) is 32.4 Å². The molecule has 292 valence electrons. The number of ketones is 1. The normalized spacial score (nSPS) is 24.1. The number of carbonyl (C=O) groups is 5. The Morgan fingerprint density at radius 3 is 2.46 bits per heavy atom. The molecule has 1 aromatic carbocycles. The Labute approximate surface area is 315 Å². The molecule has 6 rings (SSSR count). The summed E-state index contributed by atoms with van der Waals surface area (Å²) in [7, 11) is -2.33. The van der Waals surface area contributed by atoms with Gasteiger partial charge in [0.05, 0.1) is 18.9 Å². The summed E-state index contributed by atoms with van der Waals surface area (Å²) >= 11 is 0. The van der Waals surface area contributed by atoms with E-state index in [4.69, 9.17) is 14.2 Å². The van der Waals surface area contributed by atoms with E-state index in [1.165, 1.54) is 4.90 Å². The van der Waals surface area contributed by atoms with Crippen LogP contribution in [0.1, 0.15) is 85.5 Å². The molecule has 1 aromatic heterocycles. The number of hydrogen-bond donors (Lipinski definition) is 3. The number of hydrogen-bond acceptors (Lipinski definition) is 11. The van der Waals surface area contributed by atoms with Gasteiger partial charge >= 0.3 is 6.09 Å². The number of pyridine rings is 1. The Hall–Kier alpha value is -4.73. The zero-order valence-electron chi connectivity index (χ0n) is 31.3. The average Bonchev–Trinajstić information content (AvgIpc) is 4.01. The molecule has 0 spiro atoms. The number of fused-ring (bicyclic) bond motifs is 1. The molecule has 1 aliphatic heterocycles. The van der Waals surface area contributed by atoms with E-state index in [1.807, 2.05) is 19.1 Å². The van der Waals surface area contributed by atoms with E-state index in [2.05, 4.69) is 20.3 Å². The Bertz CT molecular complexity index is 1970. The number of rotatable bonds is 15. The van der Waals surface area contributed by atoms with Crippen molar-refractivity contribution >= 4 is 50.4 Å². The molecule has 15 nitrogen and oxygen atoms in total. The van der Waals surface area contributed by atoms with Crippen molar-refractivity contribution in [2.45, 2.75) is 120 Å². The lowest BCUT2D eigenvalue weighted by Crippen LogP contribution is -2.58. The first-order chi connectivity index (χ1) is 25.5. The van der Waals surface area contributed by atoms with Crippen molar-refractivity contribution < 1.29 is 46.6 Å². The molecule has 16 heteroatoms. The Morgan fingerprint density at radius 2 is 1.85 bits per heavy atom. The van der Waals surface area contributed by atoms with Gasteiger partial charge in [-0.1, -0.05) is 19.4 Å². The fraction of sp³-hybridized carbons (Fsp3) is 0.579. The third kappa shape index (κ3) is 8.63. The number of benzene rings is 1. The summed E-state index contributed by atoms with van der Waals surface area (Å²) in [6.07, 6.45) is 4.80. The Kier molecular flexibility index (Phi) is 11.0. The maximum Gasteiger partial charge on any atom is 0.408 e. The van der Waals surface area contributed by atoms with E-state index < -0.39 is 68.4 Å². The number of Topliss-reactive ketones (excluding diaryl/α,β-unsaturated/α-hetero) is 1. The minimum absolute atomic E-state index is 0.00830. The summed E-state index contributed by atoms with van der Waals surface area (Å²) in [4.78, 5) is 74.0. The van der Waals surface area contributed by atoms with Crippen molar-refractivity contribution in [2.24, 2.45) is 5.92 Å². The van der Waals surface area contributed by atoms with E-state index in [0.717, 1.165) is 11.8 Å². The zero-order chi connectivity index (χ0) is 39.0. The number of nitrogens with one attached hydrogen (secondary N) is 3. The first kappa shape index (κ1) is 39.0. The predicted molar refractivity (Wildman–Crippen MR) is 197 cm³/mol. The van der Waals surface area contributed by atoms with Crippen LogP contribution in [0.15, 0.2) is 42.1 Å². The van der Waals surface area contributed by atoms with Crippen LogP contribution in [0, 0.1) is 5.92 Å².